The number of ether oxygens (including phenoxy) is 2. The van der Waals surface area contributed by atoms with Crippen molar-refractivity contribution in [1.29, 1.82) is 0 Å². The Balaban J connectivity index is 1.61. The Morgan fingerprint density at radius 2 is 1.78 bits per heavy atom. The van der Waals surface area contributed by atoms with E-state index in [0.29, 0.717) is 31.7 Å². The molecule has 0 aromatic heterocycles. The molecule has 0 spiro atoms. The summed E-state index contributed by atoms with van der Waals surface area (Å²) in [5, 5.41) is 3.29. The third-order valence-electron chi connectivity index (χ3n) is 5.92. The number of carbonyl (C=O) groups excluding carboxylic acids is 1. The zero-order valence-electron chi connectivity index (χ0n) is 17.1. The molecule has 5 heteroatoms. The lowest BCUT2D eigenvalue weighted by Gasteiger charge is -2.31. The van der Waals surface area contributed by atoms with Gasteiger partial charge in [-0.25, -0.2) is 0 Å². The van der Waals surface area contributed by atoms with E-state index in [-0.39, 0.29) is 5.91 Å². The highest BCUT2D eigenvalue weighted by molar-refractivity contribution is 5.77. The zero-order chi connectivity index (χ0) is 19.2. The highest BCUT2D eigenvalue weighted by atomic mass is 16.5. The fraction of sp³-hybridized carbons (Fsp3) is 0.682. The van der Waals surface area contributed by atoms with E-state index in [0.717, 1.165) is 37.4 Å². The summed E-state index contributed by atoms with van der Waals surface area (Å²) in [4.78, 5) is 13.9. The van der Waals surface area contributed by atoms with Crippen LogP contribution >= 0.6 is 0 Å². The summed E-state index contributed by atoms with van der Waals surface area (Å²) >= 11 is 0. The Bertz CT molecular complexity index is 647. The standard InChI is InChI=1S/C22H34N2O3/c1-4-26-20-12-17-10-11-24(14-18(17)13-21(20)27-5-2)15-22(25)23-19-9-7-6-8-16(19)3/h12-13,16,19H,4-11,14-15H2,1-3H3,(H,23,25)/p+1/t16-,19+/m0/s1. The minimum atomic E-state index is 0.197. The Labute approximate surface area is 163 Å². The van der Waals surface area contributed by atoms with Gasteiger partial charge in [-0.3, -0.25) is 4.79 Å². The van der Waals surface area contributed by atoms with Crippen molar-refractivity contribution in [1.82, 2.24) is 5.32 Å². The van der Waals surface area contributed by atoms with Gasteiger partial charge in [0.05, 0.1) is 19.8 Å². The molecule has 27 heavy (non-hydrogen) atoms. The number of hydrogen-bond acceptors (Lipinski definition) is 3. The van der Waals surface area contributed by atoms with Crippen LogP contribution in [-0.4, -0.2) is 38.3 Å². The predicted molar refractivity (Wildman–Crippen MR) is 106 cm³/mol. The molecule has 1 saturated carbocycles. The van der Waals surface area contributed by atoms with Crippen molar-refractivity contribution in [3.05, 3.63) is 23.3 Å². The smallest absolute Gasteiger partial charge is 0.275 e. The van der Waals surface area contributed by atoms with E-state index in [1.54, 1.807) is 0 Å². The molecule has 1 amide bonds. The van der Waals surface area contributed by atoms with Crippen LogP contribution in [0.15, 0.2) is 12.1 Å². The third kappa shape index (κ3) is 5.16. The van der Waals surface area contributed by atoms with Gasteiger partial charge in [0.2, 0.25) is 0 Å². The van der Waals surface area contributed by atoms with E-state index in [1.165, 1.54) is 35.3 Å². The molecule has 1 heterocycles. The second-order valence-electron chi connectivity index (χ2n) is 7.97. The van der Waals surface area contributed by atoms with Crippen LogP contribution in [-0.2, 0) is 17.8 Å². The second-order valence-corrected chi connectivity index (χ2v) is 7.97. The van der Waals surface area contributed by atoms with E-state index in [1.807, 2.05) is 13.8 Å². The van der Waals surface area contributed by atoms with Crippen LogP contribution < -0.4 is 19.7 Å². The SMILES string of the molecule is CCOc1cc2c(cc1OCC)C[NH+](CC(=O)N[C@@H]1CCCC[C@@H]1C)CC2. The number of nitrogens with one attached hydrogen (secondary N) is 2. The van der Waals surface area contributed by atoms with Crippen molar-refractivity contribution >= 4 is 5.91 Å². The summed E-state index contributed by atoms with van der Waals surface area (Å²) in [5.41, 5.74) is 2.61. The summed E-state index contributed by atoms with van der Waals surface area (Å²) in [5.74, 6) is 2.46. The average Bonchev–Trinajstić information content (AvgIpc) is 2.64. The first kappa shape index (κ1) is 20.0. The van der Waals surface area contributed by atoms with Gasteiger partial charge < -0.3 is 19.7 Å². The molecule has 3 rings (SSSR count). The molecule has 1 aromatic carbocycles. The highest BCUT2D eigenvalue weighted by Gasteiger charge is 2.27. The number of amides is 1. The summed E-state index contributed by atoms with van der Waals surface area (Å²) in [6, 6.07) is 4.61. The first-order valence-electron chi connectivity index (χ1n) is 10.6. The van der Waals surface area contributed by atoms with Crippen molar-refractivity contribution in [3.63, 3.8) is 0 Å². The lowest BCUT2D eigenvalue weighted by Crippen LogP contribution is -3.13. The number of benzene rings is 1. The maximum atomic E-state index is 12.6. The first-order valence-corrected chi connectivity index (χ1v) is 10.6. The Kier molecular flexibility index (Phi) is 7.00. The maximum Gasteiger partial charge on any atom is 0.275 e. The second kappa shape index (κ2) is 9.45. The van der Waals surface area contributed by atoms with Gasteiger partial charge in [0.25, 0.3) is 5.91 Å². The van der Waals surface area contributed by atoms with E-state index in [2.05, 4.69) is 24.4 Å². The number of carbonyl (C=O) groups is 1. The third-order valence-corrected chi connectivity index (χ3v) is 5.92. The predicted octanol–water partition coefficient (Wildman–Crippen LogP) is 2.12. The fourth-order valence-electron chi connectivity index (χ4n) is 4.41. The normalized spacial score (nSPS) is 24.8. The fourth-order valence-corrected chi connectivity index (χ4v) is 4.41. The van der Waals surface area contributed by atoms with Gasteiger partial charge in [0, 0.05) is 18.0 Å². The summed E-state index contributed by atoms with van der Waals surface area (Å²) in [6.45, 7) is 9.92. The molecule has 0 radical (unpaired) electrons. The number of quaternary nitrogens is 1. The highest BCUT2D eigenvalue weighted by Crippen LogP contribution is 2.32. The van der Waals surface area contributed by atoms with Gasteiger partial charge >= 0.3 is 0 Å². The lowest BCUT2D eigenvalue weighted by atomic mass is 9.86. The van der Waals surface area contributed by atoms with Crippen LogP contribution in [0.3, 0.4) is 0 Å². The molecule has 3 atom stereocenters. The van der Waals surface area contributed by atoms with E-state index < -0.39 is 0 Å². The topological polar surface area (TPSA) is 52.0 Å². The molecule has 2 N–H and O–H groups in total. The minimum absolute atomic E-state index is 0.197. The van der Waals surface area contributed by atoms with E-state index >= 15 is 0 Å². The lowest BCUT2D eigenvalue weighted by molar-refractivity contribution is -0.908. The number of fused-ring (bicyclic) bond motifs is 1. The molecule has 1 aromatic rings. The van der Waals surface area contributed by atoms with Crippen LogP contribution in [0.1, 0.15) is 57.6 Å². The molecule has 0 saturated heterocycles. The average molecular weight is 376 g/mol. The summed E-state index contributed by atoms with van der Waals surface area (Å²) < 4.78 is 11.5. The van der Waals surface area contributed by atoms with Crippen molar-refractivity contribution in [2.75, 3.05) is 26.3 Å². The monoisotopic (exact) mass is 375 g/mol. The first-order chi connectivity index (χ1) is 13.1. The maximum absolute atomic E-state index is 12.6. The van der Waals surface area contributed by atoms with Gasteiger partial charge in [0.1, 0.15) is 6.54 Å². The molecule has 2 aliphatic rings. The van der Waals surface area contributed by atoms with E-state index in [9.17, 15) is 4.79 Å². The molecule has 150 valence electrons. The van der Waals surface area contributed by atoms with Crippen LogP contribution in [0.2, 0.25) is 0 Å². The molecular weight excluding hydrogens is 340 g/mol. The summed E-state index contributed by atoms with van der Waals surface area (Å²) in [7, 11) is 0. The van der Waals surface area contributed by atoms with Crippen molar-refractivity contribution < 1.29 is 19.2 Å². The van der Waals surface area contributed by atoms with Gasteiger partial charge in [-0.05, 0) is 50.3 Å². The molecular formula is C22H35N2O3+. The number of hydrogen-bond donors (Lipinski definition) is 2. The molecule has 1 aliphatic carbocycles. The van der Waals surface area contributed by atoms with Crippen molar-refractivity contribution in [2.45, 2.75) is 65.5 Å². The van der Waals surface area contributed by atoms with Gasteiger partial charge in [-0.15, -0.1) is 0 Å². The largest absolute Gasteiger partial charge is 0.490 e. The Hall–Kier alpha value is -1.75. The minimum Gasteiger partial charge on any atom is -0.490 e. The van der Waals surface area contributed by atoms with Crippen molar-refractivity contribution in [3.8, 4) is 11.5 Å². The van der Waals surface area contributed by atoms with Gasteiger partial charge in [0.15, 0.2) is 18.0 Å². The quantitative estimate of drug-likeness (QED) is 0.768. The number of rotatable bonds is 7. The van der Waals surface area contributed by atoms with Gasteiger partial charge in [-0.1, -0.05) is 19.8 Å². The molecule has 1 aliphatic heterocycles. The van der Waals surface area contributed by atoms with E-state index in [4.69, 9.17) is 9.47 Å². The van der Waals surface area contributed by atoms with Crippen molar-refractivity contribution in [2.24, 2.45) is 5.92 Å². The molecule has 1 unspecified atom stereocenters. The zero-order valence-corrected chi connectivity index (χ0v) is 17.1. The Morgan fingerprint density at radius 1 is 1.11 bits per heavy atom. The molecule has 0 bridgehead atoms. The van der Waals surface area contributed by atoms with Gasteiger partial charge in [-0.2, -0.15) is 0 Å². The molecule has 1 fully saturated rings. The van der Waals surface area contributed by atoms with Crippen LogP contribution in [0.4, 0.5) is 0 Å². The Morgan fingerprint density at radius 3 is 2.44 bits per heavy atom. The summed E-state index contributed by atoms with van der Waals surface area (Å²) in [6.07, 6.45) is 5.87. The van der Waals surface area contributed by atoms with Crippen LogP contribution in [0.25, 0.3) is 0 Å². The van der Waals surface area contributed by atoms with Crippen LogP contribution in [0, 0.1) is 5.92 Å². The van der Waals surface area contributed by atoms with Crippen LogP contribution in [0.5, 0.6) is 11.5 Å². The molecule has 5 nitrogen and oxygen atoms in total.